The van der Waals surface area contributed by atoms with Crippen molar-refractivity contribution in [2.24, 2.45) is 0 Å². The molecule has 0 spiro atoms. The van der Waals surface area contributed by atoms with Crippen molar-refractivity contribution in [1.82, 2.24) is 15.4 Å². The van der Waals surface area contributed by atoms with Crippen LogP contribution in [0.15, 0.2) is 97.1 Å². The molecule has 5 rings (SSSR count). The normalized spacial score (nSPS) is 13.5. The number of hydrogen-bond acceptors (Lipinski definition) is 4. The second-order valence-corrected chi connectivity index (χ2v) is 9.08. The first-order valence-electron chi connectivity index (χ1n) is 9.71. The Balaban J connectivity index is 0.000000150. The lowest BCUT2D eigenvalue weighted by molar-refractivity contribution is -0.113. The largest absolute Gasteiger partial charge is 0.338 e. The topological polar surface area (TPSA) is 95.9 Å². The van der Waals surface area contributed by atoms with Gasteiger partial charge in [-0.05, 0) is 30.3 Å². The number of nitrogens with one attached hydrogen (secondary N) is 1. The van der Waals surface area contributed by atoms with Crippen LogP contribution < -0.4 is 10.6 Å². The number of ketones is 1. The molecule has 2 N–H and O–H groups in total. The molecule has 1 aromatic heterocycles. The van der Waals surface area contributed by atoms with Crippen LogP contribution in [0.1, 0.15) is 12.0 Å². The fourth-order valence-electron chi connectivity index (χ4n) is 3.28. The van der Waals surface area contributed by atoms with Crippen molar-refractivity contribution in [2.75, 3.05) is 0 Å². The Morgan fingerprint density at radius 2 is 1.52 bits per heavy atom. The molecule has 7 heteroatoms. The van der Waals surface area contributed by atoms with Crippen LogP contribution in [-0.2, 0) is 9.36 Å². The summed E-state index contributed by atoms with van der Waals surface area (Å²) in [6, 6.07) is 23.1. The molecule has 0 bridgehead atoms. The molecule has 0 saturated heterocycles. The van der Waals surface area contributed by atoms with Gasteiger partial charge in [0.2, 0.25) is 0 Å². The third kappa shape index (κ3) is 4.45. The summed E-state index contributed by atoms with van der Waals surface area (Å²) in [5.74, 6) is 0.123. The zero-order chi connectivity index (χ0) is 21.7. The molecule has 0 radical (unpaired) electrons. The van der Waals surface area contributed by atoms with Gasteiger partial charge in [0.25, 0.3) is 7.37 Å². The molecule has 31 heavy (non-hydrogen) atoms. The standard InChI is InChI=1S/C12H9N3O.C12H11O2P/c16-11-7-2-1-4-8(11)9-5-3-6-10-12(9)14-15-13-10;13-15(14,11-7-3-1-4-8-11)12-9-5-2-6-10-12/h1-6H,7H2,(H,13,14,15);1-10H,(H,13,14). The summed E-state index contributed by atoms with van der Waals surface area (Å²) in [5, 5.41) is 11.5. The second-order valence-electron chi connectivity index (χ2n) is 6.90. The number of carbonyl (C=O) groups is 1. The molecule has 0 fully saturated rings. The Hall–Kier alpha value is -3.60. The van der Waals surface area contributed by atoms with Gasteiger partial charge in [0, 0.05) is 28.2 Å². The third-order valence-electron chi connectivity index (χ3n) is 4.86. The van der Waals surface area contributed by atoms with Crippen LogP contribution in [-0.4, -0.2) is 26.1 Å². The van der Waals surface area contributed by atoms with Gasteiger partial charge < -0.3 is 4.89 Å². The van der Waals surface area contributed by atoms with E-state index >= 15 is 0 Å². The van der Waals surface area contributed by atoms with Gasteiger partial charge in [0.05, 0.1) is 5.52 Å². The molecule has 154 valence electrons. The highest BCUT2D eigenvalue weighted by Crippen LogP contribution is 2.37. The number of Topliss-reactive ketones (excluding diaryl/α,β-unsaturated/α-hetero) is 1. The average molecular weight is 429 g/mol. The van der Waals surface area contributed by atoms with Crippen LogP contribution in [0.25, 0.3) is 16.6 Å². The van der Waals surface area contributed by atoms with E-state index in [0.717, 1.165) is 16.6 Å². The van der Waals surface area contributed by atoms with Gasteiger partial charge in [-0.2, -0.15) is 0 Å². The average Bonchev–Trinajstić information content (AvgIpc) is 3.30. The van der Waals surface area contributed by atoms with E-state index in [2.05, 4.69) is 15.4 Å². The summed E-state index contributed by atoms with van der Waals surface area (Å²) >= 11 is 0. The first kappa shape index (κ1) is 20.7. The van der Waals surface area contributed by atoms with Crippen molar-refractivity contribution in [3.8, 4) is 0 Å². The van der Waals surface area contributed by atoms with E-state index in [1.807, 2.05) is 48.6 Å². The molecule has 0 unspecified atom stereocenters. The van der Waals surface area contributed by atoms with E-state index in [1.54, 1.807) is 48.5 Å². The quantitative estimate of drug-likeness (QED) is 0.483. The lowest BCUT2D eigenvalue weighted by atomic mass is 9.95. The molecule has 0 aliphatic heterocycles. The molecule has 1 heterocycles. The Morgan fingerprint density at radius 3 is 2.13 bits per heavy atom. The van der Waals surface area contributed by atoms with E-state index < -0.39 is 7.37 Å². The molecular formula is C24H20N3O3P. The van der Waals surface area contributed by atoms with Gasteiger partial charge in [0.15, 0.2) is 5.78 Å². The lowest BCUT2D eigenvalue weighted by Crippen LogP contribution is -2.14. The fourth-order valence-corrected chi connectivity index (χ4v) is 4.73. The van der Waals surface area contributed by atoms with Crippen LogP contribution in [0.5, 0.6) is 0 Å². The van der Waals surface area contributed by atoms with Crippen molar-refractivity contribution in [3.05, 3.63) is 103 Å². The zero-order valence-corrected chi connectivity index (χ0v) is 17.4. The smallest absolute Gasteiger partial charge is 0.258 e. The van der Waals surface area contributed by atoms with Gasteiger partial charge in [-0.1, -0.05) is 72.0 Å². The number of benzene rings is 3. The van der Waals surface area contributed by atoms with Gasteiger partial charge in [-0.25, -0.2) is 0 Å². The zero-order valence-electron chi connectivity index (χ0n) is 16.6. The number of rotatable bonds is 3. The van der Waals surface area contributed by atoms with E-state index in [4.69, 9.17) is 0 Å². The van der Waals surface area contributed by atoms with Crippen LogP contribution in [0.2, 0.25) is 0 Å². The summed E-state index contributed by atoms with van der Waals surface area (Å²) in [7, 11) is -3.40. The summed E-state index contributed by atoms with van der Waals surface area (Å²) < 4.78 is 12.2. The number of carbonyl (C=O) groups excluding carboxylic acids is 1. The molecule has 4 aromatic rings. The van der Waals surface area contributed by atoms with Crippen molar-refractivity contribution >= 4 is 40.4 Å². The molecule has 6 nitrogen and oxygen atoms in total. The van der Waals surface area contributed by atoms with E-state index in [9.17, 15) is 14.3 Å². The van der Waals surface area contributed by atoms with Crippen molar-refractivity contribution in [3.63, 3.8) is 0 Å². The number of fused-ring (bicyclic) bond motifs is 1. The molecule has 0 amide bonds. The summed E-state index contributed by atoms with van der Waals surface area (Å²) in [6.45, 7) is 0. The maximum atomic E-state index is 12.2. The SMILES string of the molecule is O=C1CC=CC=C1c1cccc2[nH]nnc12.O=P(O)(c1ccccc1)c1ccccc1. The van der Waals surface area contributed by atoms with Crippen LogP contribution in [0.3, 0.4) is 0 Å². The second kappa shape index (κ2) is 9.04. The van der Waals surface area contributed by atoms with Crippen molar-refractivity contribution in [1.29, 1.82) is 0 Å². The molecule has 1 aliphatic carbocycles. The number of hydrogen-bond donors (Lipinski definition) is 2. The number of allylic oxidation sites excluding steroid dienone is 4. The number of aromatic nitrogens is 3. The van der Waals surface area contributed by atoms with E-state index in [-0.39, 0.29) is 5.78 Å². The van der Waals surface area contributed by atoms with Crippen LogP contribution in [0.4, 0.5) is 0 Å². The molecule has 0 atom stereocenters. The highest BCUT2D eigenvalue weighted by Gasteiger charge is 2.22. The van der Waals surface area contributed by atoms with E-state index in [1.165, 1.54) is 0 Å². The van der Waals surface area contributed by atoms with Crippen LogP contribution in [0, 0.1) is 0 Å². The third-order valence-corrected chi connectivity index (χ3v) is 6.86. The van der Waals surface area contributed by atoms with Gasteiger partial charge in [-0.15, -0.1) is 5.10 Å². The van der Waals surface area contributed by atoms with Crippen molar-refractivity contribution in [2.45, 2.75) is 6.42 Å². The highest BCUT2D eigenvalue weighted by atomic mass is 31.2. The van der Waals surface area contributed by atoms with Crippen molar-refractivity contribution < 1.29 is 14.3 Å². The Bertz CT molecular complexity index is 1270. The minimum absolute atomic E-state index is 0.123. The Kier molecular flexibility index (Phi) is 6.03. The van der Waals surface area contributed by atoms with Gasteiger partial charge >= 0.3 is 0 Å². The molecule has 1 aliphatic rings. The maximum absolute atomic E-state index is 12.2. The summed E-state index contributed by atoms with van der Waals surface area (Å²) in [4.78, 5) is 21.8. The minimum Gasteiger partial charge on any atom is -0.338 e. The molecule has 0 saturated carbocycles. The number of H-pyrrole nitrogens is 1. The predicted molar refractivity (Wildman–Crippen MR) is 123 cm³/mol. The van der Waals surface area contributed by atoms with Gasteiger partial charge in [-0.3, -0.25) is 14.5 Å². The summed E-state index contributed by atoms with van der Waals surface area (Å²) in [6.07, 6.45) is 6.04. The minimum atomic E-state index is -3.40. The lowest BCUT2D eigenvalue weighted by Gasteiger charge is -2.11. The first-order valence-corrected chi connectivity index (χ1v) is 11.4. The predicted octanol–water partition coefficient (Wildman–Crippen LogP) is 3.78. The highest BCUT2D eigenvalue weighted by molar-refractivity contribution is 7.73. The van der Waals surface area contributed by atoms with Crippen LogP contribution >= 0.6 is 7.37 Å². The first-order chi connectivity index (χ1) is 15.1. The van der Waals surface area contributed by atoms with E-state index in [0.29, 0.717) is 22.6 Å². The number of aromatic amines is 1. The number of nitrogens with zero attached hydrogens (tertiary/aromatic N) is 2. The maximum Gasteiger partial charge on any atom is 0.258 e. The monoisotopic (exact) mass is 429 g/mol. The molecule has 3 aromatic carbocycles. The fraction of sp³-hybridized carbons (Fsp3) is 0.0417. The Labute approximate surface area is 179 Å². The Morgan fingerprint density at radius 1 is 0.871 bits per heavy atom. The molecular weight excluding hydrogens is 409 g/mol. The van der Waals surface area contributed by atoms with Gasteiger partial charge in [0.1, 0.15) is 5.52 Å². The summed E-state index contributed by atoms with van der Waals surface area (Å²) in [5.41, 5.74) is 3.15.